The van der Waals surface area contributed by atoms with Gasteiger partial charge in [0.15, 0.2) is 0 Å². The molecule has 2 heteroatoms. The summed E-state index contributed by atoms with van der Waals surface area (Å²) in [7, 11) is 0. The number of nitrogens with zero attached hydrogens (tertiary/aromatic N) is 1. The van der Waals surface area contributed by atoms with Crippen LogP contribution in [0.4, 0.5) is 0 Å². The summed E-state index contributed by atoms with van der Waals surface area (Å²) in [6, 6.07) is 0.488. The van der Waals surface area contributed by atoms with Gasteiger partial charge in [0.05, 0.1) is 0 Å². The summed E-state index contributed by atoms with van der Waals surface area (Å²) >= 11 is 0. The summed E-state index contributed by atoms with van der Waals surface area (Å²) in [6.45, 7) is 3.91. The third kappa shape index (κ3) is 2.54. The summed E-state index contributed by atoms with van der Waals surface area (Å²) in [4.78, 5) is 2.69. The second-order valence-corrected chi connectivity index (χ2v) is 5.98. The first-order valence-corrected chi connectivity index (χ1v) is 6.81. The summed E-state index contributed by atoms with van der Waals surface area (Å²) < 4.78 is 0. The second-order valence-electron chi connectivity index (χ2n) is 5.98. The Kier molecular flexibility index (Phi) is 2.73. The van der Waals surface area contributed by atoms with Crippen LogP contribution >= 0.6 is 0 Å². The standard InChI is InChI=1S/C13H24N2/c14-12-5-7-15(8-6-12)9-13(10-1-2-10)11-3-4-11/h10-13H,1-9,14H2. The van der Waals surface area contributed by atoms with Crippen molar-refractivity contribution in [2.75, 3.05) is 19.6 Å². The van der Waals surface area contributed by atoms with Crippen molar-refractivity contribution in [1.82, 2.24) is 4.90 Å². The Morgan fingerprint density at radius 2 is 1.47 bits per heavy atom. The molecule has 0 bridgehead atoms. The molecule has 0 aromatic rings. The van der Waals surface area contributed by atoms with Gasteiger partial charge in [0.25, 0.3) is 0 Å². The topological polar surface area (TPSA) is 29.3 Å². The van der Waals surface area contributed by atoms with E-state index in [9.17, 15) is 0 Å². The van der Waals surface area contributed by atoms with Gasteiger partial charge in [-0.05, 0) is 69.4 Å². The Hall–Kier alpha value is -0.0800. The number of hydrogen-bond acceptors (Lipinski definition) is 2. The van der Waals surface area contributed by atoms with E-state index in [0.29, 0.717) is 6.04 Å². The highest BCUT2D eigenvalue weighted by Crippen LogP contribution is 2.49. The monoisotopic (exact) mass is 208 g/mol. The van der Waals surface area contributed by atoms with E-state index in [2.05, 4.69) is 4.90 Å². The lowest BCUT2D eigenvalue weighted by Crippen LogP contribution is -2.42. The summed E-state index contributed by atoms with van der Waals surface area (Å²) in [5.74, 6) is 3.26. The highest BCUT2D eigenvalue weighted by Gasteiger charge is 2.42. The fraction of sp³-hybridized carbons (Fsp3) is 1.00. The summed E-state index contributed by atoms with van der Waals surface area (Å²) in [5.41, 5.74) is 5.95. The molecule has 3 fully saturated rings. The van der Waals surface area contributed by atoms with Gasteiger partial charge in [0.1, 0.15) is 0 Å². The summed E-state index contributed by atoms with van der Waals surface area (Å²) in [6.07, 6.45) is 8.54. The maximum absolute atomic E-state index is 5.95. The maximum atomic E-state index is 5.95. The molecular weight excluding hydrogens is 184 g/mol. The second kappa shape index (κ2) is 4.06. The van der Waals surface area contributed by atoms with Crippen LogP contribution in [-0.4, -0.2) is 30.6 Å². The molecule has 0 atom stereocenters. The molecule has 2 nitrogen and oxygen atoms in total. The predicted octanol–water partition coefficient (Wildman–Crippen LogP) is 1.85. The van der Waals surface area contributed by atoms with E-state index in [-0.39, 0.29) is 0 Å². The normalized spacial score (nSPS) is 30.0. The van der Waals surface area contributed by atoms with Crippen molar-refractivity contribution < 1.29 is 0 Å². The maximum Gasteiger partial charge on any atom is 0.00631 e. The first-order valence-electron chi connectivity index (χ1n) is 6.81. The quantitative estimate of drug-likeness (QED) is 0.764. The Morgan fingerprint density at radius 1 is 0.933 bits per heavy atom. The first-order chi connectivity index (χ1) is 7.33. The molecule has 1 aliphatic heterocycles. The number of piperidine rings is 1. The van der Waals surface area contributed by atoms with Crippen molar-refractivity contribution >= 4 is 0 Å². The van der Waals surface area contributed by atoms with E-state index in [1.54, 1.807) is 0 Å². The zero-order valence-corrected chi connectivity index (χ0v) is 9.70. The Labute approximate surface area is 93.2 Å². The molecule has 3 aliphatic rings. The van der Waals surface area contributed by atoms with Crippen LogP contribution < -0.4 is 5.73 Å². The third-order valence-corrected chi connectivity index (χ3v) is 4.56. The molecule has 2 saturated carbocycles. The van der Waals surface area contributed by atoms with Crippen LogP contribution in [0.15, 0.2) is 0 Å². The number of hydrogen-bond donors (Lipinski definition) is 1. The predicted molar refractivity (Wildman–Crippen MR) is 62.6 cm³/mol. The highest BCUT2D eigenvalue weighted by molar-refractivity contribution is 4.93. The van der Waals surface area contributed by atoms with Gasteiger partial charge in [-0.3, -0.25) is 0 Å². The van der Waals surface area contributed by atoms with E-state index in [4.69, 9.17) is 5.73 Å². The molecule has 86 valence electrons. The Morgan fingerprint density at radius 3 is 1.93 bits per heavy atom. The minimum Gasteiger partial charge on any atom is -0.328 e. The molecular formula is C13H24N2. The molecule has 2 N–H and O–H groups in total. The smallest absolute Gasteiger partial charge is 0.00631 e. The van der Waals surface area contributed by atoms with Crippen molar-refractivity contribution in [2.45, 2.75) is 44.6 Å². The van der Waals surface area contributed by atoms with Gasteiger partial charge in [-0.1, -0.05) is 0 Å². The minimum atomic E-state index is 0.488. The molecule has 0 amide bonds. The largest absolute Gasteiger partial charge is 0.328 e. The van der Waals surface area contributed by atoms with Gasteiger partial charge >= 0.3 is 0 Å². The molecule has 3 rings (SSSR count). The average Bonchev–Trinajstić information content (AvgIpc) is 3.11. The fourth-order valence-electron chi connectivity index (χ4n) is 3.17. The van der Waals surface area contributed by atoms with Crippen molar-refractivity contribution in [3.63, 3.8) is 0 Å². The highest BCUT2D eigenvalue weighted by atomic mass is 15.1. The average molecular weight is 208 g/mol. The third-order valence-electron chi connectivity index (χ3n) is 4.56. The van der Waals surface area contributed by atoms with Crippen LogP contribution in [0.25, 0.3) is 0 Å². The van der Waals surface area contributed by atoms with E-state index >= 15 is 0 Å². The van der Waals surface area contributed by atoms with Crippen LogP contribution in [-0.2, 0) is 0 Å². The Bertz CT molecular complexity index is 201. The van der Waals surface area contributed by atoms with E-state index in [0.717, 1.165) is 17.8 Å². The van der Waals surface area contributed by atoms with Crippen molar-refractivity contribution in [3.8, 4) is 0 Å². The molecule has 0 aromatic carbocycles. The van der Waals surface area contributed by atoms with Crippen LogP contribution in [0.2, 0.25) is 0 Å². The zero-order chi connectivity index (χ0) is 10.3. The first kappa shape index (κ1) is 10.1. The molecule has 2 aliphatic carbocycles. The number of rotatable bonds is 4. The van der Waals surface area contributed by atoms with E-state index < -0.39 is 0 Å². The number of nitrogens with two attached hydrogens (primary N) is 1. The van der Waals surface area contributed by atoms with Gasteiger partial charge in [-0.15, -0.1) is 0 Å². The molecule has 0 radical (unpaired) electrons. The van der Waals surface area contributed by atoms with Crippen molar-refractivity contribution in [3.05, 3.63) is 0 Å². The van der Waals surface area contributed by atoms with E-state index in [1.165, 1.54) is 58.2 Å². The Balaban J connectivity index is 1.49. The lowest BCUT2D eigenvalue weighted by molar-refractivity contribution is 0.165. The molecule has 1 heterocycles. The molecule has 0 unspecified atom stereocenters. The molecule has 15 heavy (non-hydrogen) atoms. The van der Waals surface area contributed by atoms with Gasteiger partial charge in [-0.25, -0.2) is 0 Å². The van der Waals surface area contributed by atoms with E-state index in [1.807, 2.05) is 0 Å². The number of likely N-dealkylation sites (tertiary alicyclic amines) is 1. The lowest BCUT2D eigenvalue weighted by atomic mass is 9.95. The van der Waals surface area contributed by atoms with Crippen molar-refractivity contribution in [2.24, 2.45) is 23.5 Å². The SMILES string of the molecule is NC1CCN(CC(C2CC2)C2CC2)CC1. The molecule has 0 spiro atoms. The van der Waals surface area contributed by atoms with Crippen LogP contribution in [0.3, 0.4) is 0 Å². The molecule has 0 aromatic heterocycles. The molecule has 1 saturated heterocycles. The van der Waals surface area contributed by atoms with Crippen LogP contribution in [0, 0.1) is 17.8 Å². The van der Waals surface area contributed by atoms with Crippen LogP contribution in [0.5, 0.6) is 0 Å². The van der Waals surface area contributed by atoms with Gasteiger partial charge in [0.2, 0.25) is 0 Å². The minimum absolute atomic E-state index is 0.488. The van der Waals surface area contributed by atoms with Gasteiger partial charge < -0.3 is 10.6 Å². The fourth-order valence-corrected chi connectivity index (χ4v) is 3.17. The zero-order valence-electron chi connectivity index (χ0n) is 9.70. The van der Waals surface area contributed by atoms with Crippen LogP contribution in [0.1, 0.15) is 38.5 Å². The van der Waals surface area contributed by atoms with Crippen molar-refractivity contribution in [1.29, 1.82) is 0 Å². The summed E-state index contributed by atoms with van der Waals surface area (Å²) in [5, 5.41) is 0. The van der Waals surface area contributed by atoms with Gasteiger partial charge in [-0.2, -0.15) is 0 Å². The van der Waals surface area contributed by atoms with Gasteiger partial charge in [0, 0.05) is 12.6 Å². The lowest BCUT2D eigenvalue weighted by Gasteiger charge is -2.33.